The molecule has 0 fully saturated rings. The Hall–Kier alpha value is -2.79. The van der Waals surface area contributed by atoms with Gasteiger partial charge in [-0.3, -0.25) is 4.79 Å². The van der Waals surface area contributed by atoms with Gasteiger partial charge in [-0.15, -0.1) is 0 Å². The monoisotopic (exact) mass is 414 g/mol. The van der Waals surface area contributed by atoms with E-state index < -0.39 is 5.63 Å². The summed E-state index contributed by atoms with van der Waals surface area (Å²) in [7, 11) is 0. The highest BCUT2D eigenvalue weighted by Crippen LogP contribution is 2.32. The first-order chi connectivity index (χ1) is 13.9. The SMILES string of the molecule is CCOC(=O)CCc1c(C)c2cc(Cl)c(OCc3ccc(C)cc3)cc2oc1=O. The van der Waals surface area contributed by atoms with Gasteiger partial charge in [0.15, 0.2) is 0 Å². The van der Waals surface area contributed by atoms with Crippen LogP contribution in [0.15, 0.2) is 45.6 Å². The van der Waals surface area contributed by atoms with Gasteiger partial charge in [-0.05, 0) is 44.4 Å². The molecule has 0 amide bonds. The summed E-state index contributed by atoms with van der Waals surface area (Å²) in [6, 6.07) is 11.4. The quantitative estimate of drug-likeness (QED) is 0.395. The lowest BCUT2D eigenvalue weighted by molar-refractivity contribution is -0.143. The topological polar surface area (TPSA) is 65.7 Å². The predicted octanol–water partition coefficient (Wildman–Crippen LogP) is 5.14. The molecule has 0 unspecified atom stereocenters. The van der Waals surface area contributed by atoms with Crippen LogP contribution in [0.2, 0.25) is 5.02 Å². The number of esters is 1. The molecule has 0 atom stereocenters. The van der Waals surface area contributed by atoms with E-state index in [4.69, 9.17) is 25.5 Å². The van der Waals surface area contributed by atoms with Crippen molar-refractivity contribution in [1.29, 1.82) is 0 Å². The third kappa shape index (κ3) is 4.98. The van der Waals surface area contributed by atoms with Crippen molar-refractivity contribution in [2.45, 2.75) is 40.2 Å². The van der Waals surface area contributed by atoms with Crippen molar-refractivity contribution in [3.8, 4) is 5.75 Å². The fraction of sp³-hybridized carbons (Fsp3) is 0.304. The molecule has 0 radical (unpaired) electrons. The summed E-state index contributed by atoms with van der Waals surface area (Å²) < 4.78 is 16.2. The summed E-state index contributed by atoms with van der Waals surface area (Å²) in [6.07, 6.45) is 0.378. The Kier molecular flexibility index (Phi) is 6.60. The molecule has 3 aromatic rings. The van der Waals surface area contributed by atoms with Crippen LogP contribution in [0.5, 0.6) is 5.75 Å². The molecule has 1 aromatic heterocycles. The minimum atomic E-state index is -0.467. The van der Waals surface area contributed by atoms with Crippen LogP contribution >= 0.6 is 11.6 Å². The maximum absolute atomic E-state index is 12.4. The molecule has 5 nitrogen and oxygen atoms in total. The number of hydrogen-bond donors (Lipinski definition) is 0. The van der Waals surface area contributed by atoms with Gasteiger partial charge in [-0.1, -0.05) is 41.4 Å². The Morgan fingerprint density at radius 2 is 1.86 bits per heavy atom. The van der Waals surface area contributed by atoms with E-state index in [1.54, 1.807) is 19.1 Å². The van der Waals surface area contributed by atoms with Crippen LogP contribution in [0.4, 0.5) is 0 Å². The van der Waals surface area contributed by atoms with Crippen molar-refractivity contribution in [3.63, 3.8) is 0 Å². The lowest BCUT2D eigenvalue weighted by Crippen LogP contribution is -2.13. The third-order valence-corrected chi connectivity index (χ3v) is 5.03. The van der Waals surface area contributed by atoms with Crippen LogP contribution in [0, 0.1) is 13.8 Å². The average molecular weight is 415 g/mol. The van der Waals surface area contributed by atoms with E-state index in [-0.39, 0.29) is 18.8 Å². The average Bonchev–Trinajstić information content (AvgIpc) is 2.68. The van der Waals surface area contributed by atoms with E-state index in [9.17, 15) is 9.59 Å². The smallest absolute Gasteiger partial charge is 0.339 e. The van der Waals surface area contributed by atoms with Gasteiger partial charge in [-0.25, -0.2) is 4.79 Å². The van der Waals surface area contributed by atoms with E-state index >= 15 is 0 Å². The molecule has 0 aliphatic rings. The molecule has 0 N–H and O–H groups in total. The van der Waals surface area contributed by atoms with Gasteiger partial charge < -0.3 is 13.9 Å². The summed E-state index contributed by atoms with van der Waals surface area (Å²) in [4.78, 5) is 24.1. The first kappa shape index (κ1) is 20.9. The Morgan fingerprint density at radius 3 is 2.55 bits per heavy atom. The fourth-order valence-corrected chi connectivity index (χ4v) is 3.31. The molecule has 1 heterocycles. The zero-order chi connectivity index (χ0) is 21.0. The Balaban J connectivity index is 1.85. The van der Waals surface area contributed by atoms with Crippen LogP contribution in [0.3, 0.4) is 0 Å². The third-order valence-electron chi connectivity index (χ3n) is 4.74. The highest BCUT2D eigenvalue weighted by atomic mass is 35.5. The van der Waals surface area contributed by atoms with Crippen LogP contribution in [0.1, 0.15) is 35.6 Å². The molecular formula is C23H23ClO5. The first-order valence-electron chi connectivity index (χ1n) is 9.48. The van der Waals surface area contributed by atoms with Crippen LogP contribution in [0.25, 0.3) is 11.0 Å². The van der Waals surface area contributed by atoms with E-state index in [0.29, 0.717) is 35.1 Å². The van der Waals surface area contributed by atoms with Crippen molar-refractivity contribution in [3.05, 3.63) is 74.1 Å². The molecule has 0 saturated heterocycles. The van der Waals surface area contributed by atoms with Gasteiger partial charge in [-0.2, -0.15) is 0 Å². The second-order valence-corrected chi connectivity index (χ2v) is 7.26. The fourth-order valence-electron chi connectivity index (χ4n) is 3.10. The predicted molar refractivity (Wildman–Crippen MR) is 113 cm³/mol. The van der Waals surface area contributed by atoms with Crippen LogP contribution in [-0.2, 0) is 22.6 Å². The minimum absolute atomic E-state index is 0.121. The van der Waals surface area contributed by atoms with Gasteiger partial charge in [0.05, 0.1) is 11.6 Å². The Bertz CT molecular complexity index is 1080. The van der Waals surface area contributed by atoms with Gasteiger partial charge in [0.2, 0.25) is 0 Å². The summed E-state index contributed by atoms with van der Waals surface area (Å²) in [6.45, 7) is 6.25. The molecule has 6 heteroatoms. The van der Waals surface area contributed by atoms with E-state index in [2.05, 4.69) is 0 Å². The molecule has 152 valence electrons. The van der Waals surface area contributed by atoms with Crippen molar-refractivity contribution < 1.29 is 18.7 Å². The van der Waals surface area contributed by atoms with E-state index in [1.807, 2.05) is 38.1 Å². The van der Waals surface area contributed by atoms with Crippen LogP contribution in [-0.4, -0.2) is 12.6 Å². The number of ether oxygens (including phenoxy) is 2. The molecule has 0 bridgehead atoms. The minimum Gasteiger partial charge on any atom is -0.487 e. The molecule has 0 spiro atoms. The number of fused-ring (bicyclic) bond motifs is 1. The molecule has 0 aliphatic heterocycles. The number of halogens is 1. The standard InChI is InChI=1S/C23H23ClO5/c1-4-27-22(25)10-9-17-15(3)18-11-19(24)21(12-20(18)29-23(17)26)28-13-16-7-5-14(2)6-8-16/h5-8,11-12H,4,9-10,13H2,1-3H3. The molecule has 3 rings (SSSR count). The first-order valence-corrected chi connectivity index (χ1v) is 9.86. The molecule has 2 aromatic carbocycles. The molecule has 0 saturated carbocycles. The lowest BCUT2D eigenvalue weighted by atomic mass is 10.0. The van der Waals surface area contributed by atoms with Crippen molar-refractivity contribution in [2.24, 2.45) is 0 Å². The molecule has 0 aliphatic carbocycles. The summed E-state index contributed by atoms with van der Waals surface area (Å²) in [5.74, 6) is 0.103. The second-order valence-electron chi connectivity index (χ2n) is 6.85. The van der Waals surface area contributed by atoms with Gasteiger partial charge in [0.1, 0.15) is 17.9 Å². The van der Waals surface area contributed by atoms with E-state index in [0.717, 1.165) is 16.5 Å². The van der Waals surface area contributed by atoms with Gasteiger partial charge >= 0.3 is 11.6 Å². The number of carbonyl (C=O) groups excluding carboxylic acids is 1. The number of rotatable bonds is 7. The maximum atomic E-state index is 12.4. The Morgan fingerprint density at radius 1 is 1.14 bits per heavy atom. The molecular weight excluding hydrogens is 392 g/mol. The van der Waals surface area contributed by atoms with Gasteiger partial charge in [0, 0.05) is 23.4 Å². The zero-order valence-electron chi connectivity index (χ0n) is 16.7. The number of aryl methyl sites for hydroxylation is 2. The Labute approximate surface area is 174 Å². The van der Waals surface area contributed by atoms with Crippen LogP contribution < -0.4 is 10.4 Å². The van der Waals surface area contributed by atoms with Crippen molar-refractivity contribution in [1.82, 2.24) is 0 Å². The highest BCUT2D eigenvalue weighted by molar-refractivity contribution is 6.32. The highest BCUT2D eigenvalue weighted by Gasteiger charge is 2.16. The molecule has 29 heavy (non-hydrogen) atoms. The summed E-state index contributed by atoms with van der Waals surface area (Å²) in [5.41, 5.74) is 3.32. The second kappa shape index (κ2) is 9.14. The largest absolute Gasteiger partial charge is 0.487 e. The normalized spacial score (nSPS) is 10.9. The number of hydrogen-bond acceptors (Lipinski definition) is 5. The zero-order valence-corrected chi connectivity index (χ0v) is 17.5. The number of carbonyl (C=O) groups is 1. The summed E-state index contributed by atoms with van der Waals surface area (Å²) in [5, 5.41) is 1.15. The summed E-state index contributed by atoms with van der Waals surface area (Å²) >= 11 is 6.41. The van der Waals surface area contributed by atoms with E-state index in [1.165, 1.54) is 5.56 Å². The van der Waals surface area contributed by atoms with Gasteiger partial charge in [0.25, 0.3) is 0 Å². The van der Waals surface area contributed by atoms with Crippen molar-refractivity contribution >= 4 is 28.5 Å². The van der Waals surface area contributed by atoms with Crippen molar-refractivity contribution in [2.75, 3.05) is 6.61 Å². The maximum Gasteiger partial charge on any atom is 0.339 e. The number of benzene rings is 2. The lowest BCUT2D eigenvalue weighted by Gasteiger charge is -2.12.